The minimum absolute atomic E-state index is 0.294. The molecule has 1 aromatic heterocycles. The maximum atomic E-state index is 5.85. The van der Waals surface area contributed by atoms with E-state index in [9.17, 15) is 0 Å². The molecule has 0 amide bonds. The first kappa shape index (κ1) is 11.6. The average molecular weight is 235 g/mol. The van der Waals surface area contributed by atoms with Crippen LogP contribution in [0.5, 0.6) is 0 Å². The lowest BCUT2D eigenvalue weighted by Gasteiger charge is -2.10. The van der Waals surface area contributed by atoms with Crippen molar-refractivity contribution in [2.24, 2.45) is 0 Å². The van der Waals surface area contributed by atoms with Gasteiger partial charge >= 0.3 is 0 Å². The quantitative estimate of drug-likeness (QED) is 0.879. The molecule has 1 unspecified atom stereocenters. The lowest BCUT2D eigenvalue weighted by Crippen LogP contribution is -2.17. The van der Waals surface area contributed by atoms with Gasteiger partial charge in [-0.1, -0.05) is 11.6 Å². The second-order valence-electron chi connectivity index (χ2n) is 3.99. The fraction of sp³-hybridized carbons (Fsp3) is 0.385. The standard InChI is InChI=1S/C13H17NOS/c1-9-4-5-12-10(6-9)7-13(15-12)11(14-2)8-16-3/h4-7,11,14H,8H2,1-3H3. The molecular formula is C13H17NOS. The number of benzene rings is 1. The van der Waals surface area contributed by atoms with Crippen molar-refractivity contribution in [2.75, 3.05) is 19.1 Å². The number of furan rings is 1. The molecule has 0 saturated heterocycles. The minimum atomic E-state index is 0.294. The van der Waals surface area contributed by atoms with Gasteiger partial charge < -0.3 is 9.73 Å². The van der Waals surface area contributed by atoms with E-state index >= 15 is 0 Å². The summed E-state index contributed by atoms with van der Waals surface area (Å²) < 4.78 is 5.85. The zero-order chi connectivity index (χ0) is 11.5. The highest BCUT2D eigenvalue weighted by molar-refractivity contribution is 7.98. The van der Waals surface area contributed by atoms with Crippen LogP contribution in [0.2, 0.25) is 0 Å². The van der Waals surface area contributed by atoms with Crippen molar-refractivity contribution in [3.63, 3.8) is 0 Å². The number of thioether (sulfide) groups is 1. The van der Waals surface area contributed by atoms with E-state index in [2.05, 4.69) is 36.7 Å². The van der Waals surface area contributed by atoms with Crippen LogP contribution in [0.1, 0.15) is 17.4 Å². The molecule has 0 aliphatic rings. The molecule has 1 aromatic carbocycles. The molecule has 0 saturated carbocycles. The number of rotatable bonds is 4. The summed E-state index contributed by atoms with van der Waals surface area (Å²) in [4.78, 5) is 0. The normalized spacial score (nSPS) is 13.2. The predicted molar refractivity (Wildman–Crippen MR) is 71.1 cm³/mol. The Morgan fingerprint density at radius 2 is 2.19 bits per heavy atom. The van der Waals surface area contributed by atoms with E-state index in [1.165, 1.54) is 10.9 Å². The van der Waals surface area contributed by atoms with Crippen molar-refractivity contribution in [3.8, 4) is 0 Å². The maximum absolute atomic E-state index is 5.85. The molecule has 16 heavy (non-hydrogen) atoms. The second-order valence-corrected chi connectivity index (χ2v) is 4.90. The Kier molecular flexibility index (Phi) is 3.56. The fourth-order valence-corrected chi connectivity index (χ4v) is 2.49. The molecular weight excluding hydrogens is 218 g/mol. The lowest BCUT2D eigenvalue weighted by molar-refractivity contribution is 0.479. The van der Waals surface area contributed by atoms with Crippen molar-refractivity contribution in [1.82, 2.24) is 5.32 Å². The Morgan fingerprint density at radius 1 is 1.38 bits per heavy atom. The van der Waals surface area contributed by atoms with Crippen LogP contribution in [0.4, 0.5) is 0 Å². The lowest BCUT2D eigenvalue weighted by atomic mass is 10.1. The first-order valence-corrected chi connectivity index (χ1v) is 6.80. The smallest absolute Gasteiger partial charge is 0.134 e. The molecule has 0 aliphatic heterocycles. The van der Waals surface area contributed by atoms with E-state index in [0.29, 0.717) is 6.04 Å². The number of fused-ring (bicyclic) bond motifs is 1. The van der Waals surface area contributed by atoms with Crippen molar-refractivity contribution in [3.05, 3.63) is 35.6 Å². The van der Waals surface area contributed by atoms with Gasteiger partial charge in [-0.25, -0.2) is 0 Å². The fourth-order valence-electron chi connectivity index (χ4n) is 1.83. The summed E-state index contributed by atoms with van der Waals surface area (Å²) in [5.41, 5.74) is 2.24. The van der Waals surface area contributed by atoms with Gasteiger partial charge in [0.1, 0.15) is 11.3 Å². The average Bonchev–Trinajstić information content (AvgIpc) is 2.68. The Hall–Kier alpha value is -0.930. The van der Waals surface area contributed by atoms with Crippen molar-refractivity contribution >= 4 is 22.7 Å². The minimum Gasteiger partial charge on any atom is -0.459 e. The predicted octanol–water partition coefficient (Wildman–Crippen LogP) is 3.36. The van der Waals surface area contributed by atoms with Gasteiger partial charge in [-0.05, 0) is 38.4 Å². The molecule has 0 fully saturated rings. The van der Waals surface area contributed by atoms with Gasteiger partial charge in [0.05, 0.1) is 6.04 Å². The van der Waals surface area contributed by atoms with E-state index in [1.807, 2.05) is 24.9 Å². The highest BCUT2D eigenvalue weighted by atomic mass is 32.2. The van der Waals surface area contributed by atoms with Crippen LogP contribution in [0.3, 0.4) is 0 Å². The van der Waals surface area contributed by atoms with Crippen LogP contribution >= 0.6 is 11.8 Å². The van der Waals surface area contributed by atoms with Gasteiger partial charge in [-0.2, -0.15) is 11.8 Å². The van der Waals surface area contributed by atoms with Gasteiger partial charge in [0.2, 0.25) is 0 Å². The third kappa shape index (κ3) is 2.25. The maximum Gasteiger partial charge on any atom is 0.134 e. The summed E-state index contributed by atoms with van der Waals surface area (Å²) in [5.74, 6) is 2.05. The molecule has 1 heterocycles. The second kappa shape index (κ2) is 4.93. The third-order valence-corrected chi connectivity index (χ3v) is 3.38. The summed E-state index contributed by atoms with van der Waals surface area (Å²) in [5, 5.41) is 4.47. The van der Waals surface area contributed by atoms with Crippen LogP contribution in [0.15, 0.2) is 28.7 Å². The Balaban J connectivity index is 2.37. The first-order chi connectivity index (χ1) is 7.74. The topological polar surface area (TPSA) is 25.2 Å². The highest BCUT2D eigenvalue weighted by Crippen LogP contribution is 2.26. The monoisotopic (exact) mass is 235 g/mol. The molecule has 86 valence electrons. The molecule has 2 aromatic rings. The molecule has 2 nitrogen and oxygen atoms in total. The summed E-state index contributed by atoms with van der Waals surface area (Å²) in [6.45, 7) is 2.10. The van der Waals surface area contributed by atoms with Crippen LogP contribution in [-0.2, 0) is 0 Å². The van der Waals surface area contributed by atoms with Crippen molar-refractivity contribution in [2.45, 2.75) is 13.0 Å². The summed E-state index contributed by atoms with van der Waals surface area (Å²) >= 11 is 1.82. The Labute approximate surface area is 100 Å². The zero-order valence-corrected chi connectivity index (χ0v) is 10.7. The SMILES string of the molecule is CNC(CSC)c1cc2cc(C)ccc2o1. The molecule has 0 spiro atoms. The van der Waals surface area contributed by atoms with Gasteiger partial charge in [0, 0.05) is 11.1 Å². The molecule has 2 rings (SSSR count). The van der Waals surface area contributed by atoms with E-state index in [1.54, 1.807) is 0 Å². The number of hydrogen-bond donors (Lipinski definition) is 1. The largest absolute Gasteiger partial charge is 0.459 e. The highest BCUT2D eigenvalue weighted by Gasteiger charge is 2.13. The molecule has 3 heteroatoms. The summed E-state index contributed by atoms with van der Waals surface area (Å²) in [6.07, 6.45) is 2.11. The van der Waals surface area contributed by atoms with Gasteiger partial charge in [0.25, 0.3) is 0 Å². The van der Waals surface area contributed by atoms with Gasteiger partial charge in [0.15, 0.2) is 0 Å². The molecule has 1 atom stereocenters. The molecule has 0 aliphatic carbocycles. The van der Waals surface area contributed by atoms with Crippen LogP contribution < -0.4 is 5.32 Å². The first-order valence-electron chi connectivity index (χ1n) is 5.41. The van der Waals surface area contributed by atoms with Crippen LogP contribution in [0, 0.1) is 6.92 Å². The Bertz CT molecular complexity index is 478. The number of nitrogens with one attached hydrogen (secondary N) is 1. The van der Waals surface area contributed by atoms with Crippen LogP contribution in [0.25, 0.3) is 11.0 Å². The molecule has 1 N–H and O–H groups in total. The Morgan fingerprint density at radius 3 is 2.88 bits per heavy atom. The number of hydrogen-bond acceptors (Lipinski definition) is 3. The van der Waals surface area contributed by atoms with Gasteiger partial charge in [-0.15, -0.1) is 0 Å². The van der Waals surface area contributed by atoms with E-state index in [-0.39, 0.29) is 0 Å². The van der Waals surface area contributed by atoms with E-state index < -0.39 is 0 Å². The van der Waals surface area contributed by atoms with Crippen LogP contribution in [-0.4, -0.2) is 19.1 Å². The third-order valence-electron chi connectivity index (χ3n) is 2.72. The van der Waals surface area contributed by atoms with E-state index in [0.717, 1.165) is 17.1 Å². The van der Waals surface area contributed by atoms with Crippen molar-refractivity contribution < 1.29 is 4.42 Å². The molecule has 0 bridgehead atoms. The summed E-state index contributed by atoms with van der Waals surface area (Å²) in [7, 11) is 1.97. The molecule has 0 radical (unpaired) electrons. The summed E-state index contributed by atoms with van der Waals surface area (Å²) in [6, 6.07) is 8.72. The van der Waals surface area contributed by atoms with Crippen molar-refractivity contribution in [1.29, 1.82) is 0 Å². The van der Waals surface area contributed by atoms with E-state index in [4.69, 9.17) is 4.42 Å². The number of aryl methyl sites for hydroxylation is 1. The van der Waals surface area contributed by atoms with Gasteiger partial charge in [-0.3, -0.25) is 0 Å². The zero-order valence-electron chi connectivity index (χ0n) is 9.91.